The first-order valence-electron chi connectivity index (χ1n) is 6.49. The van der Waals surface area contributed by atoms with Crippen molar-refractivity contribution in [3.05, 3.63) is 29.8 Å². The van der Waals surface area contributed by atoms with Crippen molar-refractivity contribution in [2.75, 3.05) is 13.7 Å². The molecule has 3 N–H and O–H groups in total. The van der Waals surface area contributed by atoms with Gasteiger partial charge in [-0.1, -0.05) is 18.2 Å². The van der Waals surface area contributed by atoms with Crippen molar-refractivity contribution in [3.63, 3.8) is 0 Å². The van der Waals surface area contributed by atoms with Crippen LogP contribution in [0.4, 0.5) is 4.79 Å². The molecule has 0 saturated heterocycles. The van der Waals surface area contributed by atoms with Gasteiger partial charge in [-0.3, -0.25) is 4.79 Å². The third kappa shape index (κ3) is 6.08. The van der Waals surface area contributed by atoms with Gasteiger partial charge in [-0.2, -0.15) is 0 Å². The average molecular weight is 280 g/mol. The highest BCUT2D eigenvalue weighted by Gasteiger charge is 2.04. The van der Waals surface area contributed by atoms with Crippen LogP contribution in [0.5, 0.6) is 5.75 Å². The molecule has 2 amide bonds. The minimum Gasteiger partial charge on any atom is -0.496 e. The fraction of sp³-hybridized carbons (Fsp3) is 0.429. The summed E-state index contributed by atoms with van der Waals surface area (Å²) in [4.78, 5) is 21.8. The number of para-hydroxylation sites is 1. The number of nitrogens with one attached hydrogen (secondary N) is 2. The number of urea groups is 1. The molecule has 6 nitrogen and oxygen atoms in total. The lowest BCUT2D eigenvalue weighted by atomic mass is 10.2. The number of methoxy groups -OCH3 is 1. The molecule has 110 valence electrons. The van der Waals surface area contributed by atoms with E-state index >= 15 is 0 Å². The normalized spacial score (nSPS) is 9.85. The van der Waals surface area contributed by atoms with E-state index in [0.29, 0.717) is 25.9 Å². The summed E-state index contributed by atoms with van der Waals surface area (Å²) in [5.41, 5.74) is 0.899. The number of carbonyl (C=O) groups excluding carboxylic acids is 1. The van der Waals surface area contributed by atoms with Gasteiger partial charge in [0.2, 0.25) is 0 Å². The van der Waals surface area contributed by atoms with Gasteiger partial charge in [0.05, 0.1) is 7.11 Å². The van der Waals surface area contributed by atoms with Gasteiger partial charge in [-0.25, -0.2) is 4.79 Å². The lowest BCUT2D eigenvalue weighted by Gasteiger charge is -2.10. The van der Waals surface area contributed by atoms with Crippen molar-refractivity contribution >= 4 is 12.0 Å². The number of benzene rings is 1. The number of amides is 2. The largest absolute Gasteiger partial charge is 0.496 e. The first kappa shape index (κ1) is 15.8. The molecule has 1 aromatic rings. The summed E-state index contributed by atoms with van der Waals surface area (Å²) in [7, 11) is 1.58. The van der Waals surface area contributed by atoms with Crippen LogP contribution in [-0.4, -0.2) is 30.8 Å². The zero-order valence-electron chi connectivity index (χ0n) is 11.5. The van der Waals surface area contributed by atoms with Crippen LogP contribution in [0.1, 0.15) is 24.8 Å². The lowest BCUT2D eigenvalue weighted by molar-refractivity contribution is -0.137. The number of aliphatic carboxylic acids is 1. The molecule has 0 spiro atoms. The molecule has 0 aliphatic carbocycles. The summed E-state index contributed by atoms with van der Waals surface area (Å²) in [5, 5.41) is 13.9. The highest BCUT2D eigenvalue weighted by atomic mass is 16.5. The number of rotatable bonds is 8. The second-order valence-electron chi connectivity index (χ2n) is 4.27. The molecular weight excluding hydrogens is 260 g/mol. The highest BCUT2D eigenvalue weighted by molar-refractivity contribution is 5.73. The van der Waals surface area contributed by atoms with E-state index in [0.717, 1.165) is 11.3 Å². The van der Waals surface area contributed by atoms with Crippen LogP contribution in [0.15, 0.2) is 24.3 Å². The summed E-state index contributed by atoms with van der Waals surface area (Å²) < 4.78 is 5.19. The van der Waals surface area contributed by atoms with E-state index in [2.05, 4.69) is 10.6 Å². The first-order valence-corrected chi connectivity index (χ1v) is 6.49. The van der Waals surface area contributed by atoms with Crippen LogP contribution in [0, 0.1) is 0 Å². The lowest BCUT2D eigenvalue weighted by Crippen LogP contribution is -2.35. The molecule has 0 unspecified atom stereocenters. The Labute approximate surface area is 118 Å². The first-order chi connectivity index (χ1) is 9.63. The van der Waals surface area contributed by atoms with Crippen molar-refractivity contribution in [1.82, 2.24) is 10.6 Å². The summed E-state index contributed by atoms with van der Waals surface area (Å²) in [6.07, 6.45) is 1.33. The molecule has 1 aromatic carbocycles. The molecule has 0 bridgehead atoms. The Balaban J connectivity index is 2.21. The SMILES string of the molecule is COc1ccccc1CNC(=O)NCCCCC(=O)O. The van der Waals surface area contributed by atoms with E-state index in [1.807, 2.05) is 24.3 Å². The number of carboxylic acid groups (broad SMARTS) is 1. The molecule has 20 heavy (non-hydrogen) atoms. The summed E-state index contributed by atoms with van der Waals surface area (Å²) in [6.45, 7) is 0.843. The minimum atomic E-state index is -0.814. The van der Waals surface area contributed by atoms with Crippen molar-refractivity contribution in [2.45, 2.75) is 25.8 Å². The molecule has 0 aliphatic rings. The minimum absolute atomic E-state index is 0.129. The average Bonchev–Trinajstić information content (AvgIpc) is 2.44. The van der Waals surface area contributed by atoms with Gasteiger partial charge in [0.25, 0.3) is 0 Å². The number of carboxylic acids is 1. The Morgan fingerprint density at radius 1 is 1.20 bits per heavy atom. The Morgan fingerprint density at radius 2 is 1.95 bits per heavy atom. The summed E-state index contributed by atoms with van der Waals surface area (Å²) in [5.74, 6) is -0.0834. The molecule has 0 fully saturated rings. The Bertz CT molecular complexity index is 449. The molecule has 0 radical (unpaired) electrons. The molecule has 0 saturated carbocycles. The zero-order chi connectivity index (χ0) is 14.8. The Hall–Kier alpha value is -2.24. The number of hydrogen-bond donors (Lipinski definition) is 3. The van der Waals surface area contributed by atoms with Crippen molar-refractivity contribution in [3.8, 4) is 5.75 Å². The van der Waals surface area contributed by atoms with E-state index in [1.54, 1.807) is 7.11 Å². The van der Waals surface area contributed by atoms with Crippen LogP contribution >= 0.6 is 0 Å². The monoisotopic (exact) mass is 280 g/mol. The fourth-order valence-corrected chi connectivity index (χ4v) is 1.69. The second-order valence-corrected chi connectivity index (χ2v) is 4.27. The van der Waals surface area contributed by atoms with E-state index in [4.69, 9.17) is 9.84 Å². The summed E-state index contributed by atoms with van der Waals surface area (Å²) >= 11 is 0. The zero-order valence-corrected chi connectivity index (χ0v) is 11.5. The van der Waals surface area contributed by atoms with E-state index in [1.165, 1.54) is 0 Å². The van der Waals surface area contributed by atoms with Gasteiger partial charge < -0.3 is 20.5 Å². The van der Waals surface area contributed by atoms with Crippen molar-refractivity contribution < 1.29 is 19.4 Å². The third-order valence-electron chi connectivity index (χ3n) is 2.73. The van der Waals surface area contributed by atoms with Crippen LogP contribution in [-0.2, 0) is 11.3 Å². The van der Waals surface area contributed by atoms with E-state index in [-0.39, 0.29) is 12.5 Å². The van der Waals surface area contributed by atoms with Gasteiger partial charge in [0.1, 0.15) is 5.75 Å². The van der Waals surface area contributed by atoms with Gasteiger partial charge >= 0.3 is 12.0 Å². The quantitative estimate of drug-likeness (QED) is 0.633. The highest BCUT2D eigenvalue weighted by Crippen LogP contribution is 2.16. The molecule has 0 atom stereocenters. The van der Waals surface area contributed by atoms with Gasteiger partial charge in [0.15, 0.2) is 0 Å². The number of carbonyl (C=O) groups is 2. The molecular formula is C14H20N2O4. The fourth-order valence-electron chi connectivity index (χ4n) is 1.69. The Morgan fingerprint density at radius 3 is 2.65 bits per heavy atom. The smallest absolute Gasteiger partial charge is 0.315 e. The van der Waals surface area contributed by atoms with Gasteiger partial charge in [-0.15, -0.1) is 0 Å². The molecule has 1 rings (SSSR count). The van der Waals surface area contributed by atoms with E-state index in [9.17, 15) is 9.59 Å². The van der Waals surface area contributed by atoms with Crippen molar-refractivity contribution in [1.29, 1.82) is 0 Å². The molecule has 0 aliphatic heterocycles. The van der Waals surface area contributed by atoms with Crippen LogP contribution in [0.2, 0.25) is 0 Å². The summed E-state index contributed by atoms with van der Waals surface area (Å²) in [6, 6.07) is 7.19. The maximum Gasteiger partial charge on any atom is 0.315 e. The number of ether oxygens (including phenoxy) is 1. The van der Waals surface area contributed by atoms with Gasteiger partial charge in [0, 0.05) is 25.1 Å². The van der Waals surface area contributed by atoms with Crippen LogP contribution < -0.4 is 15.4 Å². The second kappa shape index (κ2) is 8.79. The van der Waals surface area contributed by atoms with Crippen LogP contribution in [0.25, 0.3) is 0 Å². The van der Waals surface area contributed by atoms with Crippen LogP contribution in [0.3, 0.4) is 0 Å². The maximum atomic E-state index is 11.5. The molecule has 0 heterocycles. The third-order valence-corrected chi connectivity index (χ3v) is 2.73. The standard InChI is InChI=1S/C14H20N2O4/c1-20-12-7-3-2-6-11(12)10-16-14(19)15-9-5-4-8-13(17)18/h2-3,6-7H,4-5,8-10H2,1H3,(H,17,18)(H2,15,16,19). The molecule has 0 aromatic heterocycles. The predicted molar refractivity (Wildman–Crippen MR) is 74.7 cm³/mol. The van der Waals surface area contributed by atoms with E-state index < -0.39 is 5.97 Å². The topological polar surface area (TPSA) is 87.7 Å². The Kier molecular flexibility index (Phi) is 6.95. The molecule has 6 heteroatoms. The number of hydrogen-bond acceptors (Lipinski definition) is 3. The maximum absolute atomic E-state index is 11.5. The van der Waals surface area contributed by atoms with Gasteiger partial charge in [-0.05, 0) is 18.9 Å². The number of unbranched alkanes of at least 4 members (excludes halogenated alkanes) is 1. The predicted octanol–water partition coefficient (Wildman–Crippen LogP) is 1.75. The van der Waals surface area contributed by atoms with Crippen molar-refractivity contribution in [2.24, 2.45) is 0 Å².